The zero-order valence-electron chi connectivity index (χ0n) is 9.22. The maximum atomic E-state index is 4.50. The molecule has 0 aromatic rings. The maximum Gasteiger partial charge on any atom is 0.0470 e. The van der Waals surface area contributed by atoms with Crippen LogP contribution in [0.2, 0.25) is 0 Å². The number of aliphatic imine (C=N–C) groups is 1. The summed E-state index contributed by atoms with van der Waals surface area (Å²) in [7, 11) is 0. The number of nitrogens with zero attached hydrogens (tertiary/aromatic N) is 1. The average Bonchev–Trinajstić information content (AvgIpc) is 1.99. The monoisotopic (exact) mass is 169 g/mol. The Morgan fingerprint density at radius 2 is 1.75 bits per heavy atom. The van der Waals surface area contributed by atoms with E-state index in [1.165, 1.54) is 25.0 Å². The minimum absolute atomic E-state index is 0.518. The molecular weight excluding hydrogens is 146 g/mol. The highest BCUT2D eigenvalue weighted by Gasteiger charge is 2.02. The summed E-state index contributed by atoms with van der Waals surface area (Å²) in [5.74, 6) is 0.861. The molecule has 72 valence electrons. The Bertz CT molecular complexity index is 134. The number of hydrogen-bond acceptors (Lipinski definition) is 1. The Balaban J connectivity index is 3.57. The van der Waals surface area contributed by atoms with Crippen LogP contribution in [0.5, 0.6) is 0 Å². The summed E-state index contributed by atoms with van der Waals surface area (Å²) in [4.78, 5) is 4.50. The highest BCUT2D eigenvalue weighted by atomic mass is 14.8. The van der Waals surface area contributed by atoms with Gasteiger partial charge in [-0.3, -0.25) is 4.99 Å². The van der Waals surface area contributed by atoms with Gasteiger partial charge in [-0.1, -0.05) is 20.3 Å². The van der Waals surface area contributed by atoms with E-state index in [1.54, 1.807) is 0 Å². The van der Waals surface area contributed by atoms with E-state index in [4.69, 9.17) is 0 Å². The first-order valence-corrected chi connectivity index (χ1v) is 5.07. The first-order valence-electron chi connectivity index (χ1n) is 5.07. The molecule has 0 aromatic heterocycles. The fourth-order valence-corrected chi connectivity index (χ4v) is 1.24. The third-order valence-corrected chi connectivity index (χ3v) is 2.25. The molecule has 12 heavy (non-hydrogen) atoms. The molecule has 0 bridgehead atoms. The minimum Gasteiger partial charge on any atom is -0.292 e. The molecule has 0 aliphatic rings. The molecule has 2 atom stereocenters. The van der Waals surface area contributed by atoms with Crippen molar-refractivity contribution in [3.8, 4) is 0 Å². The van der Waals surface area contributed by atoms with Crippen LogP contribution in [0.3, 0.4) is 0 Å². The zero-order valence-corrected chi connectivity index (χ0v) is 9.22. The SMILES string of the molecule is CCC(C)CCC(C)N=C(C)C. The van der Waals surface area contributed by atoms with Crippen molar-refractivity contribution >= 4 is 5.71 Å². The van der Waals surface area contributed by atoms with Gasteiger partial charge < -0.3 is 0 Å². The summed E-state index contributed by atoms with van der Waals surface area (Å²) >= 11 is 0. The van der Waals surface area contributed by atoms with Gasteiger partial charge in [0.05, 0.1) is 0 Å². The van der Waals surface area contributed by atoms with Crippen LogP contribution in [-0.2, 0) is 0 Å². The topological polar surface area (TPSA) is 12.4 Å². The van der Waals surface area contributed by atoms with Crippen molar-refractivity contribution in [2.45, 2.75) is 59.9 Å². The maximum absolute atomic E-state index is 4.50. The van der Waals surface area contributed by atoms with Gasteiger partial charge in [-0.25, -0.2) is 0 Å². The lowest BCUT2D eigenvalue weighted by molar-refractivity contribution is 0.469. The normalized spacial score (nSPS) is 15.4. The van der Waals surface area contributed by atoms with E-state index in [-0.39, 0.29) is 0 Å². The Labute approximate surface area is 77.3 Å². The molecule has 0 spiro atoms. The van der Waals surface area contributed by atoms with Crippen LogP contribution in [0.1, 0.15) is 53.9 Å². The van der Waals surface area contributed by atoms with Crippen LogP contribution < -0.4 is 0 Å². The number of hydrogen-bond donors (Lipinski definition) is 0. The highest BCUT2D eigenvalue weighted by molar-refractivity contribution is 5.79. The average molecular weight is 169 g/mol. The van der Waals surface area contributed by atoms with Crippen molar-refractivity contribution in [3.63, 3.8) is 0 Å². The smallest absolute Gasteiger partial charge is 0.0470 e. The van der Waals surface area contributed by atoms with Crippen LogP contribution in [0, 0.1) is 5.92 Å². The Morgan fingerprint density at radius 3 is 2.17 bits per heavy atom. The van der Waals surface area contributed by atoms with Crippen molar-refractivity contribution < 1.29 is 0 Å². The van der Waals surface area contributed by atoms with E-state index in [9.17, 15) is 0 Å². The second-order valence-corrected chi connectivity index (χ2v) is 4.02. The fraction of sp³-hybridized carbons (Fsp3) is 0.909. The van der Waals surface area contributed by atoms with E-state index in [0.29, 0.717) is 6.04 Å². The van der Waals surface area contributed by atoms with Crippen LogP contribution in [0.4, 0.5) is 0 Å². The molecule has 0 heterocycles. The van der Waals surface area contributed by atoms with Gasteiger partial charge in [0, 0.05) is 11.8 Å². The van der Waals surface area contributed by atoms with E-state index in [1.807, 2.05) is 0 Å². The Morgan fingerprint density at radius 1 is 1.17 bits per heavy atom. The lowest BCUT2D eigenvalue weighted by atomic mass is 10.0. The van der Waals surface area contributed by atoms with Gasteiger partial charge in [-0.2, -0.15) is 0 Å². The summed E-state index contributed by atoms with van der Waals surface area (Å²) in [6.45, 7) is 10.9. The second kappa shape index (κ2) is 6.22. The van der Waals surface area contributed by atoms with Gasteiger partial charge in [0.25, 0.3) is 0 Å². The molecule has 0 saturated carbocycles. The lowest BCUT2D eigenvalue weighted by Gasteiger charge is -2.10. The predicted molar refractivity (Wildman–Crippen MR) is 56.9 cm³/mol. The van der Waals surface area contributed by atoms with E-state index in [2.05, 4.69) is 39.6 Å². The summed E-state index contributed by atoms with van der Waals surface area (Å²) in [5, 5.41) is 0. The molecule has 1 nitrogen and oxygen atoms in total. The first-order chi connectivity index (χ1) is 5.56. The molecule has 2 unspecified atom stereocenters. The van der Waals surface area contributed by atoms with Crippen molar-refractivity contribution in [2.24, 2.45) is 10.9 Å². The standard InChI is InChI=1S/C11H23N/c1-6-10(4)7-8-11(5)12-9(2)3/h10-11H,6-8H2,1-5H3. The van der Waals surface area contributed by atoms with Gasteiger partial charge in [0.15, 0.2) is 0 Å². The summed E-state index contributed by atoms with van der Waals surface area (Å²) in [6.07, 6.45) is 3.84. The first kappa shape index (κ1) is 11.7. The Kier molecular flexibility index (Phi) is 6.04. The molecule has 0 radical (unpaired) electrons. The van der Waals surface area contributed by atoms with Crippen LogP contribution in [0.25, 0.3) is 0 Å². The fourth-order valence-electron chi connectivity index (χ4n) is 1.24. The molecule has 0 aliphatic carbocycles. The van der Waals surface area contributed by atoms with Crippen LogP contribution in [-0.4, -0.2) is 11.8 Å². The predicted octanol–water partition coefficient (Wildman–Crippen LogP) is 3.68. The minimum atomic E-state index is 0.518. The van der Waals surface area contributed by atoms with Crippen molar-refractivity contribution in [1.82, 2.24) is 0 Å². The molecular formula is C11H23N. The largest absolute Gasteiger partial charge is 0.292 e. The highest BCUT2D eigenvalue weighted by Crippen LogP contribution is 2.12. The van der Waals surface area contributed by atoms with Gasteiger partial charge in [0.1, 0.15) is 0 Å². The summed E-state index contributed by atoms with van der Waals surface area (Å²) in [6, 6.07) is 0.518. The summed E-state index contributed by atoms with van der Waals surface area (Å²) in [5.41, 5.74) is 1.20. The van der Waals surface area contributed by atoms with Crippen molar-refractivity contribution in [3.05, 3.63) is 0 Å². The van der Waals surface area contributed by atoms with E-state index >= 15 is 0 Å². The third-order valence-electron chi connectivity index (χ3n) is 2.25. The van der Waals surface area contributed by atoms with Gasteiger partial charge >= 0.3 is 0 Å². The van der Waals surface area contributed by atoms with Crippen LogP contribution >= 0.6 is 0 Å². The molecule has 0 aromatic carbocycles. The van der Waals surface area contributed by atoms with Crippen molar-refractivity contribution in [1.29, 1.82) is 0 Å². The number of rotatable bonds is 5. The van der Waals surface area contributed by atoms with E-state index < -0.39 is 0 Å². The third kappa shape index (κ3) is 6.38. The quantitative estimate of drug-likeness (QED) is 0.557. The molecule has 0 saturated heterocycles. The lowest BCUT2D eigenvalue weighted by Crippen LogP contribution is -2.03. The van der Waals surface area contributed by atoms with Crippen LogP contribution in [0.15, 0.2) is 4.99 Å². The molecule has 0 fully saturated rings. The molecule has 0 N–H and O–H groups in total. The van der Waals surface area contributed by atoms with Crippen molar-refractivity contribution in [2.75, 3.05) is 0 Å². The zero-order chi connectivity index (χ0) is 9.56. The van der Waals surface area contributed by atoms with Gasteiger partial charge in [0.2, 0.25) is 0 Å². The molecule has 1 heteroatoms. The second-order valence-electron chi connectivity index (χ2n) is 4.02. The van der Waals surface area contributed by atoms with Gasteiger partial charge in [-0.05, 0) is 39.5 Å². The Hall–Kier alpha value is -0.330. The molecule has 0 amide bonds. The van der Waals surface area contributed by atoms with E-state index in [0.717, 1.165) is 5.92 Å². The summed E-state index contributed by atoms with van der Waals surface area (Å²) < 4.78 is 0. The molecule has 0 rings (SSSR count). The molecule has 0 aliphatic heterocycles. The van der Waals surface area contributed by atoms with Gasteiger partial charge in [-0.15, -0.1) is 0 Å².